The van der Waals surface area contributed by atoms with Gasteiger partial charge in [0.05, 0.1) is 10.9 Å². The van der Waals surface area contributed by atoms with Crippen LogP contribution in [0.2, 0.25) is 0 Å². The van der Waals surface area contributed by atoms with Gasteiger partial charge in [-0.3, -0.25) is 14.2 Å². The highest BCUT2D eigenvalue weighted by molar-refractivity contribution is 5.97. The molecule has 1 saturated carbocycles. The Morgan fingerprint density at radius 3 is 2.93 bits per heavy atom. The number of rotatable bonds is 7. The Kier molecular flexibility index (Phi) is 6.05. The lowest BCUT2D eigenvalue weighted by molar-refractivity contribution is 0.0937. The molecule has 1 N–H and O–H groups in total. The maximum Gasteiger partial charge on any atom is 0.261 e. The van der Waals surface area contributed by atoms with Crippen LogP contribution in [-0.2, 0) is 17.7 Å². The Balaban J connectivity index is 1.42. The zero-order valence-corrected chi connectivity index (χ0v) is 16.4. The summed E-state index contributed by atoms with van der Waals surface area (Å²) in [6.07, 6.45) is 8.63. The molecular formula is C22H29N3O3. The maximum absolute atomic E-state index is 12.9. The van der Waals surface area contributed by atoms with E-state index in [2.05, 4.69) is 5.32 Å². The number of amides is 1. The van der Waals surface area contributed by atoms with E-state index in [1.807, 2.05) is 4.57 Å². The highest BCUT2D eigenvalue weighted by Crippen LogP contribution is 2.28. The summed E-state index contributed by atoms with van der Waals surface area (Å²) in [5.74, 6) is 1.49. The van der Waals surface area contributed by atoms with Crippen molar-refractivity contribution in [3.05, 3.63) is 39.9 Å². The average Bonchev–Trinajstić information content (AvgIpc) is 3.50. The van der Waals surface area contributed by atoms with Gasteiger partial charge in [-0.15, -0.1) is 0 Å². The molecule has 6 heteroatoms. The van der Waals surface area contributed by atoms with Crippen molar-refractivity contribution < 1.29 is 9.53 Å². The van der Waals surface area contributed by atoms with E-state index in [1.165, 1.54) is 19.3 Å². The topological polar surface area (TPSA) is 73.2 Å². The molecule has 28 heavy (non-hydrogen) atoms. The summed E-state index contributed by atoms with van der Waals surface area (Å²) in [5.41, 5.74) is 1.19. The maximum atomic E-state index is 12.9. The molecule has 0 bridgehead atoms. The second-order valence-corrected chi connectivity index (χ2v) is 8.01. The number of carbonyl (C=O) groups excluding carboxylic acids is 1. The highest BCUT2D eigenvalue weighted by Gasteiger charge is 2.20. The van der Waals surface area contributed by atoms with Crippen molar-refractivity contribution in [1.29, 1.82) is 0 Å². The van der Waals surface area contributed by atoms with Crippen LogP contribution in [0.3, 0.4) is 0 Å². The van der Waals surface area contributed by atoms with Crippen molar-refractivity contribution in [1.82, 2.24) is 14.9 Å². The van der Waals surface area contributed by atoms with E-state index in [1.54, 1.807) is 18.2 Å². The predicted molar refractivity (Wildman–Crippen MR) is 109 cm³/mol. The monoisotopic (exact) mass is 383 g/mol. The van der Waals surface area contributed by atoms with E-state index in [0.717, 1.165) is 57.0 Å². The molecule has 0 spiro atoms. The molecule has 1 aromatic heterocycles. The minimum absolute atomic E-state index is 0.0154. The van der Waals surface area contributed by atoms with Crippen LogP contribution in [0, 0.1) is 5.92 Å². The molecule has 0 radical (unpaired) electrons. The summed E-state index contributed by atoms with van der Waals surface area (Å²) in [4.78, 5) is 30.0. The molecule has 0 atom stereocenters. The number of hydrogen-bond acceptors (Lipinski definition) is 4. The first-order valence-corrected chi connectivity index (χ1v) is 10.6. The number of aryl methyl sites for hydroxylation is 1. The van der Waals surface area contributed by atoms with E-state index < -0.39 is 0 Å². The molecule has 0 unspecified atom stereocenters. The van der Waals surface area contributed by atoms with Crippen molar-refractivity contribution in [3.8, 4) is 0 Å². The lowest BCUT2D eigenvalue weighted by Gasteiger charge is -2.16. The predicted octanol–water partition coefficient (Wildman–Crippen LogP) is 3.06. The summed E-state index contributed by atoms with van der Waals surface area (Å²) in [7, 11) is 0. The molecule has 150 valence electrons. The third kappa shape index (κ3) is 4.61. The minimum atomic E-state index is -0.127. The third-order valence-corrected chi connectivity index (χ3v) is 5.63. The summed E-state index contributed by atoms with van der Waals surface area (Å²) < 4.78 is 7.41. The minimum Gasteiger partial charge on any atom is -0.381 e. The van der Waals surface area contributed by atoms with E-state index in [-0.39, 0.29) is 11.5 Å². The van der Waals surface area contributed by atoms with Gasteiger partial charge < -0.3 is 10.1 Å². The Bertz CT molecular complexity index is 902. The third-order valence-electron chi connectivity index (χ3n) is 5.63. The summed E-state index contributed by atoms with van der Waals surface area (Å²) in [5, 5.41) is 3.52. The number of carbonyl (C=O) groups is 1. The van der Waals surface area contributed by atoms with Crippen LogP contribution in [0.25, 0.3) is 10.9 Å². The van der Waals surface area contributed by atoms with Crippen LogP contribution >= 0.6 is 0 Å². The van der Waals surface area contributed by atoms with Crippen LogP contribution in [-0.4, -0.2) is 35.2 Å². The van der Waals surface area contributed by atoms with Crippen molar-refractivity contribution in [2.24, 2.45) is 5.92 Å². The smallest absolute Gasteiger partial charge is 0.261 e. The van der Waals surface area contributed by atoms with Gasteiger partial charge in [-0.2, -0.15) is 0 Å². The molecular weight excluding hydrogens is 354 g/mol. The normalized spacial score (nSPS) is 17.0. The fourth-order valence-electron chi connectivity index (χ4n) is 3.75. The Hall–Kier alpha value is -2.21. The van der Waals surface area contributed by atoms with Gasteiger partial charge in [-0.05, 0) is 56.2 Å². The Morgan fingerprint density at radius 1 is 1.21 bits per heavy atom. The van der Waals surface area contributed by atoms with Gasteiger partial charge in [0.2, 0.25) is 0 Å². The molecule has 2 heterocycles. The Labute approximate surface area is 165 Å². The van der Waals surface area contributed by atoms with Gasteiger partial charge in [0.1, 0.15) is 5.82 Å². The van der Waals surface area contributed by atoms with Gasteiger partial charge in [0.15, 0.2) is 0 Å². The molecule has 0 saturated heterocycles. The van der Waals surface area contributed by atoms with Crippen LogP contribution in [0.1, 0.15) is 61.1 Å². The molecule has 2 aromatic rings. The number of benzene rings is 1. The van der Waals surface area contributed by atoms with Crippen LogP contribution < -0.4 is 10.9 Å². The van der Waals surface area contributed by atoms with Gasteiger partial charge in [-0.1, -0.05) is 12.8 Å². The molecule has 1 aliphatic heterocycles. The first-order valence-electron chi connectivity index (χ1n) is 10.6. The molecule has 1 amide bonds. The van der Waals surface area contributed by atoms with E-state index in [9.17, 15) is 9.59 Å². The van der Waals surface area contributed by atoms with Crippen molar-refractivity contribution in [2.45, 2.75) is 57.9 Å². The number of aromatic nitrogens is 2. The lowest BCUT2D eigenvalue weighted by Crippen LogP contribution is -2.27. The van der Waals surface area contributed by atoms with Crippen molar-refractivity contribution >= 4 is 16.8 Å². The first kappa shape index (κ1) is 19.1. The average molecular weight is 383 g/mol. The second kappa shape index (κ2) is 8.86. The second-order valence-electron chi connectivity index (χ2n) is 8.01. The molecule has 6 nitrogen and oxygen atoms in total. The van der Waals surface area contributed by atoms with Gasteiger partial charge in [0.25, 0.3) is 11.5 Å². The SMILES string of the molecule is O=C(NCCCOCC1CC1)c1ccc2c(=O)n3c(nc2c1)CCCCCC3. The molecule has 1 fully saturated rings. The molecule has 4 rings (SSSR count). The van der Waals surface area contributed by atoms with E-state index >= 15 is 0 Å². The standard InChI is InChI=1S/C22H29N3O3/c26-21(23-11-5-13-28-15-16-7-8-16)17-9-10-18-19(14-17)24-20-6-3-1-2-4-12-25(20)22(18)27/h9-10,14,16H,1-8,11-13,15H2,(H,23,26). The first-order chi connectivity index (χ1) is 13.7. The fraction of sp³-hybridized carbons (Fsp3) is 0.591. The van der Waals surface area contributed by atoms with Crippen LogP contribution in [0.4, 0.5) is 0 Å². The summed E-state index contributed by atoms with van der Waals surface area (Å²) in [6.45, 7) is 2.85. The van der Waals surface area contributed by atoms with Crippen LogP contribution in [0.15, 0.2) is 23.0 Å². The van der Waals surface area contributed by atoms with E-state index in [0.29, 0.717) is 29.6 Å². The number of ether oxygens (including phenoxy) is 1. The number of fused-ring (bicyclic) bond motifs is 2. The summed E-state index contributed by atoms with van der Waals surface area (Å²) in [6, 6.07) is 5.21. The van der Waals surface area contributed by atoms with Gasteiger partial charge in [-0.25, -0.2) is 4.98 Å². The lowest BCUT2D eigenvalue weighted by atomic mass is 10.1. The molecule has 1 aromatic carbocycles. The van der Waals surface area contributed by atoms with Gasteiger partial charge >= 0.3 is 0 Å². The highest BCUT2D eigenvalue weighted by atomic mass is 16.5. The van der Waals surface area contributed by atoms with Crippen molar-refractivity contribution in [3.63, 3.8) is 0 Å². The van der Waals surface area contributed by atoms with Crippen molar-refractivity contribution in [2.75, 3.05) is 19.8 Å². The Morgan fingerprint density at radius 2 is 2.07 bits per heavy atom. The van der Waals surface area contributed by atoms with E-state index in [4.69, 9.17) is 9.72 Å². The molecule has 1 aliphatic carbocycles. The van der Waals surface area contributed by atoms with Crippen LogP contribution in [0.5, 0.6) is 0 Å². The largest absolute Gasteiger partial charge is 0.381 e. The zero-order chi connectivity index (χ0) is 19.3. The fourth-order valence-corrected chi connectivity index (χ4v) is 3.75. The number of nitrogens with one attached hydrogen (secondary N) is 1. The number of nitrogens with zero attached hydrogens (tertiary/aromatic N) is 2. The van der Waals surface area contributed by atoms with Gasteiger partial charge in [0, 0.05) is 38.3 Å². The number of hydrogen-bond donors (Lipinski definition) is 1. The quantitative estimate of drug-likeness (QED) is 0.746. The zero-order valence-electron chi connectivity index (χ0n) is 16.4. The summed E-state index contributed by atoms with van der Waals surface area (Å²) >= 11 is 0. The molecule has 2 aliphatic rings.